The quantitative estimate of drug-likeness (QED) is 0.605. The van der Waals surface area contributed by atoms with Gasteiger partial charge in [-0.2, -0.15) is 0 Å². The van der Waals surface area contributed by atoms with Crippen LogP contribution in [0, 0.1) is 0 Å². The molecule has 3 aromatic rings. The van der Waals surface area contributed by atoms with Crippen molar-refractivity contribution in [1.29, 1.82) is 0 Å². The number of thioether (sulfide) groups is 1. The Morgan fingerprint density at radius 1 is 1.04 bits per heavy atom. The molecule has 1 aliphatic rings. The van der Waals surface area contributed by atoms with Crippen molar-refractivity contribution >= 4 is 28.5 Å². The summed E-state index contributed by atoms with van der Waals surface area (Å²) in [5, 5.41) is 0.997. The average molecular weight is 352 g/mol. The van der Waals surface area contributed by atoms with E-state index in [2.05, 4.69) is 58.3 Å². The number of rotatable bonds is 5. The molecular weight excluding hydrogens is 326 g/mol. The molecule has 0 radical (unpaired) electrons. The van der Waals surface area contributed by atoms with Gasteiger partial charge in [-0.05, 0) is 36.6 Å². The first kappa shape index (κ1) is 16.5. The minimum atomic E-state index is 0.686. The number of nitrogens with zero attached hydrogens (tertiary/aromatic N) is 2. The van der Waals surface area contributed by atoms with Crippen molar-refractivity contribution in [2.45, 2.75) is 49.1 Å². The van der Waals surface area contributed by atoms with Crippen molar-refractivity contribution in [1.82, 2.24) is 9.97 Å². The van der Waals surface area contributed by atoms with E-state index in [9.17, 15) is 0 Å². The minimum Gasteiger partial charge on any atom is -0.371 e. The number of hydrogen-bond acceptors (Lipinski definition) is 3. The maximum Gasteiger partial charge on any atom is 0.166 e. The molecule has 25 heavy (non-hydrogen) atoms. The molecule has 0 unspecified atom stereocenters. The molecule has 0 spiro atoms. The van der Waals surface area contributed by atoms with Crippen molar-refractivity contribution in [3.8, 4) is 0 Å². The van der Waals surface area contributed by atoms with Gasteiger partial charge in [0, 0.05) is 24.5 Å². The van der Waals surface area contributed by atoms with Gasteiger partial charge in [0.1, 0.15) is 0 Å². The van der Waals surface area contributed by atoms with Crippen molar-refractivity contribution in [2.24, 2.45) is 0 Å². The lowest BCUT2D eigenvalue weighted by atomic mass is 9.94. The summed E-state index contributed by atoms with van der Waals surface area (Å²) in [4.78, 5) is 10.6. The van der Waals surface area contributed by atoms with E-state index in [4.69, 9.17) is 0 Å². The molecule has 3 nitrogen and oxygen atoms in total. The van der Waals surface area contributed by atoms with Crippen LogP contribution in [0.4, 0.5) is 5.69 Å². The van der Waals surface area contributed by atoms with E-state index < -0.39 is 0 Å². The topological polar surface area (TPSA) is 31.9 Å². The number of benzene rings is 2. The Kier molecular flexibility index (Phi) is 4.97. The molecule has 1 heterocycles. The first-order valence-electron chi connectivity index (χ1n) is 9.19. The highest BCUT2D eigenvalue weighted by molar-refractivity contribution is 7.98. The molecule has 4 rings (SSSR count). The van der Waals surface area contributed by atoms with E-state index in [1.165, 1.54) is 43.4 Å². The van der Waals surface area contributed by atoms with Crippen LogP contribution in [-0.4, -0.2) is 23.1 Å². The van der Waals surface area contributed by atoms with E-state index in [1.807, 2.05) is 12.1 Å². The highest BCUT2D eigenvalue weighted by Gasteiger charge is 2.20. The van der Waals surface area contributed by atoms with Crippen LogP contribution >= 0.6 is 11.8 Å². The maximum atomic E-state index is 4.69. The third-order valence-corrected chi connectivity index (χ3v) is 6.15. The van der Waals surface area contributed by atoms with Crippen LogP contribution in [0.2, 0.25) is 0 Å². The highest BCUT2D eigenvalue weighted by Crippen LogP contribution is 2.32. The molecule has 0 saturated heterocycles. The number of aromatic nitrogens is 2. The van der Waals surface area contributed by atoms with E-state index in [0.717, 1.165) is 21.9 Å². The van der Waals surface area contributed by atoms with E-state index in [-0.39, 0.29) is 0 Å². The largest absolute Gasteiger partial charge is 0.371 e. The zero-order valence-electron chi connectivity index (χ0n) is 14.7. The first-order valence-corrected chi connectivity index (χ1v) is 10.2. The Morgan fingerprint density at radius 3 is 2.64 bits per heavy atom. The van der Waals surface area contributed by atoms with Crippen LogP contribution in [0.1, 0.15) is 37.7 Å². The number of anilines is 1. The van der Waals surface area contributed by atoms with E-state index in [1.54, 1.807) is 11.8 Å². The average Bonchev–Trinajstić information content (AvgIpc) is 3.10. The van der Waals surface area contributed by atoms with Crippen LogP contribution in [-0.2, 0) is 5.75 Å². The summed E-state index contributed by atoms with van der Waals surface area (Å²) in [6.45, 7) is 0. The molecule has 2 aromatic carbocycles. The zero-order chi connectivity index (χ0) is 17.1. The van der Waals surface area contributed by atoms with Gasteiger partial charge in [-0.25, -0.2) is 4.98 Å². The number of hydrogen-bond donors (Lipinski definition) is 1. The number of aromatic amines is 1. The minimum absolute atomic E-state index is 0.686. The standard InChI is InChI=1S/C21H25N3S/c1-24(17-10-3-2-4-11-17)20-14-8-5-9-16(20)15-25-21-22-18-12-6-7-13-19(18)23-21/h5-9,12-14,17H,2-4,10-11,15H2,1H3,(H,22,23). The number of imidazole rings is 1. The second-order valence-electron chi connectivity index (χ2n) is 6.88. The van der Waals surface area contributed by atoms with Crippen molar-refractivity contribution < 1.29 is 0 Å². The first-order chi connectivity index (χ1) is 12.3. The van der Waals surface area contributed by atoms with Gasteiger partial charge in [-0.1, -0.05) is 61.4 Å². The molecular formula is C21H25N3S. The molecule has 1 fully saturated rings. The van der Waals surface area contributed by atoms with E-state index >= 15 is 0 Å². The van der Waals surface area contributed by atoms with Crippen LogP contribution < -0.4 is 4.90 Å². The lowest BCUT2D eigenvalue weighted by Crippen LogP contribution is -2.33. The van der Waals surface area contributed by atoms with Gasteiger partial charge >= 0.3 is 0 Å². The van der Waals surface area contributed by atoms with Crippen LogP contribution in [0.15, 0.2) is 53.7 Å². The monoisotopic (exact) mass is 351 g/mol. The second-order valence-corrected chi connectivity index (χ2v) is 7.84. The van der Waals surface area contributed by atoms with Crippen molar-refractivity contribution in [3.63, 3.8) is 0 Å². The van der Waals surface area contributed by atoms with Crippen molar-refractivity contribution in [3.05, 3.63) is 54.1 Å². The smallest absolute Gasteiger partial charge is 0.166 e. The lowest BCUT2D eigenvalue weighted by molar-refractivity contribution is 0.427. The highest BCUT2D eigenvalue weighted by atomic mass is 32.2. The van der Waals surface area contributed by atoms with Gasteiger partial charge in [-0.3, -0.25) is 0 Å². The normalized spacial score (nSPS) is 15.6. The number of fused-ring (bicyclic) bond motifs is 1. The summed E-state index contributed by atoms with van der Waals surface area (Å²) in [7, 11) is 2.26. The fraction of sp³-hybridized carbons (Fsp3) is 0.381. The van der Waals surface area contributed by atoms with E-state index in [0.29, 0.717) is 6.04 Å². The summed E-state index contributed by atoms with van der Waals surface area (Å²) in [6.07, 6.45) is 6.77. The van der Waals surface area contributed by atoms with Gasteiger partial charge in [0.15, 0.2) is 5.16 Å². The van der Waals surface area contributed by atoms with Crippen LogP contribution in [0.3, 0.4) is 0 Å². The van der Waals surface area contributed by atoms with Crippen LogP contribution in [0.25, 0.3) is 11.0 Å². The summed E-state index contributed by atoms with van der Waals surface area (Å²) >= 11 is 1.78. The van der Waals surface area contributed by atoms with Crippen molar-refractivity contribution in [2.75, 3.05) is 11.9 Å². The number of nitrogens with one attached hydrogen (secondary N) is 1. The van der Waals surface area contributed by atoms with Gasteiger partial charge in [0.25, 0.3) is 0 Å². The Bertz CT molecular complexity index is 803. The maximum absolute atomic E-state index is 4.69. The Morgan fingerprint density at radius 2 is 1.80 bits per heavy atom. The summed E-state index contributed by atoms with van der Waals surface area (Å²) in [5.74, 6) is 0.938. The summed E-state index contributed by atoms with van der Waals surface area (Å²) in [5.41, 5.74) is 4.91. The molecule has 4 heteroatoms. The molecule has 1 aromatic heterocycles. The fourth-order valence-electron chi connectivity index (χ4n) is 3.79. The molecule has 130 valence electrons. The SMILES string of the molecule is CN(c1ccccc1CSc1nc2ccccc2[nH]1)C1CCCCC1. The predicted octanol–water partition coefficient (Wildman–Crippen LogP) is 5.62. The second kappa shape index (κ2) is 7.52. The Hall–Kier alpha value is -1.94. The summed E-state index contributed by atoms with van der Waals surface area (Å²) < 4.78 is 0. The molecule has 0 bridgehead atoms. The third-order valence-electron chi connectivity index (χ3n) is 5.23. The molecule has 0 atom stereocenters. The molecule has 1 aliphatic carbocycles. The zero-order valence-corrected chi connectivity index (χ0v) is 15.6. The van der Waals surface area contributed by atoms with Crippen LogP contribution in [0.5, 0.6) is 0 Å². The summed E-state index contributed by atoms with van der Waals surface area (Å²) in [6, 6.07) is 17.7. The molecule has 1 N–H and O–H groups in total. The molecule has 1 saturated carbocycles. The fourth-order valence-corrected chi connectivity index (χ4v) is 4.67. The number of H-pyrrole nitrogens is 1. The molecule has 0 aliphatic heterocycles. The number of para-hydroxylation sites is 3. The van der Waals surface area contributed by atoms with Gasteiger partial charge < -0.3 is 9.88 Å². The lowest BCUT2D eigenvalue weighted by Gasteiger charge is -2.34. The van der Waals surface area contributed by atoms with Gasteiger partial charge in [-0.15, -0.1) is 0 Å². The van der Waals surface area contributed by atoms with Gasteiger partial charge in [0.05, 0.1) is 11.0 Å². The van der Waals surface area contributed by atoms with Gasteiger partial charge in [0.2, 0.25) is 0 Å². The Balaban J connectivity index is 1.50. The third kappa shape index (κ3) is 3.69. The Labute approximate surface area is 153 Å². The molecule has 0 amide bonds. The predicted molar refractivity (Wildman–Crippen MR) is 107 cm³/mol.